The minimum absolute atomic E-state index is 0.777. The monoisotopic (exact) mass is 274 g/mol. The van der Waals surface area contributed by atoms with Crippen LogP contribution in [0.3, 0.4) is 0 Å². The quantitative estimate of drug-likeness (QED) is 0.767. The molecule has 1 N–H and O–H groups in total. The number of nitrogens with zero attached hydrogens (tertiary/aromatic N) is 1. The summed E-state index contributed by atoms with van der Waals surface area (Å²) in [5.41, 5.74) is 4.28. The fraction of sp³-hybridized carbons (Fsp3) is 0.667. The smallest absolute Gasteiger partial charge is 0.0414 e. The Kier molecular flexibility index (Phi) is 5.47. The van der Waals surface area contributed by atoms with E-state index in [-0.39, 0.29) is 0 Å². The maximum absolute atomic E-state index is 3.48. The molecule has 2 rings (SSSR count). The second kappa shape index (κ2) is 7.12. The lowest BCUT2D eigenvalue weighted by atomic mass is 10.1. The molecule has 1 aromatic rings. The van der Waals surface area contributed by atoms with Gasteiger partial charge in [-0.05, 0) is 50.3 Å². The van der Waals surface area contributed by atoms with E-state index in [0.717, 1.165) is 25.0 Å². The molecule has 1 aromatic carbocycles. The van der Waals surface area contributed by atoms with Gasteiger partial charge in [0.25, 0.3) is 0 Å². The lowest BCUT2D eigenvalue weighted by molar-refractivity contribution is 0.569. The van der Waals surface area contributed by atoms with Crippen LogP contribution in [0.5, 0.6) is 0 Å². The van der Waals surface area contributed by atoms with E-state index < -0.39 is 0 Å². The van der Waals surface area contributed by atoms with Crippen molar-refractivity contribution in [2.45, 2.75) is 59.5 Å². The molecule has 112 valence electrons. The summed E-state index contributed by atoms with van der Waals surface area (Å²) in [6.45, 7) is 12.2. The van der Waals surface area contributed by atoms with Crippen molar-refractivity contribution < 1.29 is 0 Å². The fourth-order valence-corrected chi connectivity index (χ4v) is 2.68. The SMILES string of the molecule is CCNCc1cc(C)ccc1N(CCC(C)C)C1CC1. The molecular formula is C18H30N2. The minimum Gasteiger partial charge on any atom is -0.368 e. The predicted octanol–water partition coefficient (Wildman–Crippen LogP) is 4.12. The van der Waals surface area contributed by atoms with Crippen LogP contribution < -0.4 is 10.2 Å². The molecule has 0 heterocycles. The van der Waals surface area contributed by atoms with Gasteiger partial charge >= 0.3 is 0 Å². The van der Waals surface area contributed by atoms with Crippen LogP contribution >= 0.6 is 0 Å². The number of anilines is 1. The van der Waals surface area contributed by atoms with Gasteiger partial charge in [-0.1, -0.05) is 38.5 Å². The Morgan fingerprint density at radius 3 is 2.65 bits per heavy atom. The molecule has 0 atom stereocenters. The summed E-state index contributed by atoms with van der Waals surface area (Å²) in [5.74, 6) is 0.777. The number of hydrogen-bond acceptors (Lipinski definition) is 2. The Hall–Kier alpha value is -1.02. The maximum atomic E-state index is 3.48. The zero-order chi connectivity index (χ0) is 14.5. The number of aryl methyl sites for hydroxylation is 1. The van der Waals surface area contributed by atoms with Crippen molar-refractivity contribution in [3.63, 3.8) is 0 Å². The maximum Gasteiger partial charge on any atom is 0.0414 e. The van der Waals surface area contributed by atoms with Crippen molar-refractivity contribution in [3.8, 4) is 0 Å². The molecule has 1 aliphatic rings. The van der Waals surface area contributed by atoms with Gasteiger partial charge in [0.15, 0.2) is 0 Å². The Balaban J connectivity index is 2.17. The van der Waals surface area contributed by atoms with Crippen LogP contribution in [0, 0.1) is 12.8 Å². The Bertz CT molecular complexity index is 421. The largest absolute Gasteiger partial charge is 0.368 e. The first kappa shape index (κ1) is 15.4. The third-order valence-electron chi connectivity index (χ3n) is 4.04. The topological polar surface area (TPSA) is 15.3 Å². The number of rotatable bonds is 8. The average molecular weight is 274 g/mol. The molecule has 2 heteroatoms. The molecule has 0 aliphatic heterocycles. The molecule has 0 amide bonds. The first-order valence-electron chi connectivity index (χ1n) is 8.18. The molecule has 0 radical (unpaired) electrons. The van der Waals surface area contributed by atoms with Crippen LogP contribution in [0.2, 0.25) is 0 Å². The summed E-state index contributed by atoms with van der Waals surface area (Å²) in [6.07, 6.45) is 4.02. The summed E-state index contributed by atoms with van der Waals surface area (Å²) in [5, 5.41) is 3.48. The summed E-state index contributed by atoms with van der Waals surface area (Å²) in [6, 6.07) is 7.73. The van der Waals surface area contributed by atoms with Crippen molar-refractivity contribution >= 4 is 5.69 Å². The minimum atomic E-state index is 0.777. The van der Waals surface area contributed by atoms with Gasteiger partial charge in [0.2, 0.25) is 0 Å². The Labute approximate surface area is 124 Å². The van der Waals surface area contributed by atoms with E-state index in [2.05, 4.69) is 56.1 Å². The van der Waals surface area contributed by atoms with E-state index in [1.165, 1.54) is 42.6 Å². The van der Waals surface area contributed by atoms with E-state index in [9.17, 15) is 0 Å². The molecular weight excluding hydrogens is 244 g/mol. The molecule has 1 saturated carbocycles. The van der Waals surface area contributed by atoms with Crippen molar-refractivity contribution in [3.05, 3.63) is 29.3 Å². The van der Waals surface area contributed by atoms with Gasteiger partial charge in [0.1, 0.15) is 0 Å². The third-order valence-corrected chi connectivity index (χ3v) is 4.04. The highest BCUT2D eigenvalue weighted by Gasteiger charge is 2.30. The van der Waals surface area contributed by atoms with Crippen LogP contribution in [0.25, 0.3) is 0 Å². The molecule has 0 saturated heterocycles. The van der Waals surface area contributed by atoms with Gasteiger partial charge in [-0.3, -0.25) is 0 Å². The van der Waals surface area contributed by atoms with Crippen molar-refractivity contribution in [2.75, 3.05) is 18.0 Å². The Morgan fingerprint density at radius 2 is 2.05 bits per heavy atom. The van der Waals surface area contributed by atoms with E-state index in [4.69, 9.17) is 0 Å². The zero-order valence-electron chi connectivity index (χ0n) is 13.6. The van der Waals surface area contributed by atoms with Gasteiger partial charge in [-0.25, -0.2) is 0 Å². The number of hydrogen-bond donors (Lipinski definition) is 1. The normalized spacial score (nSPS) is 14.8. The summed E-state index contributed by atoms with van der Waals surface area (Å²) in [4.78, 5) is 2.66. The Morgan fingerprint density at radius 1 is 1.30 bits per heavy atom. The highest BCUT2D eigenvalue weighted by atomic mass is 15.2. The van der Waals surface area contributed by atoms with Gasteiger partial charge in [0, 0.05) is 24.8 Å². The molecule has 20 heavy (non-hydrogen) atoms. The standard InChI is InChI=1S/C18H30N2/c1-5-19-13-16-12-15(4)6-9-18(16)20(17-7-8-17)11-10-14(2)3/h6,9,12,14,17,19H,5,7-8,10-11,13H2,1-4H3. The average Bonchev–Trinajstić information content (AvgIpc) is 3.22. The molecule has 1 fully saturated rings. The van der Waals surface area contributed by atoms with Gasteiger partial charge in [-0.15, -0.1) is 0 Å². The van der Waals surface area contributed by atoms with Crippen molar-refractivity contribution in [1.82, 2.24) is 5.32 Å². The highest BCUT2D eigenvalue weighted by molar-refractivity contribution is 5.56. The fourth-order valence-electron chi connectivity index (χ4n) is 2.68. The predicted molar refractivity (Wildman–Crippen MR) is 88.4 cm³/mol. The van der Waals surface area contributed by atoms with E-state index >= 15 is 0 Å². The van der Waals surface area contributed by atoms with Crippen LogP contribution in [0.4, 0.5) is 5.69 Å². The molecule has 0 spiro atoms. The van der Waals surface area contributed by atoms with Crippen LogP contribution in [0.1, 0.15) is 51.2 Å². The van der Waals surface area contributed by atoms with Crippen molar-refractivity contribution in [1.29, 1.82) is 0 Å². The second-order valence-corrected chi connectivity index (χ2v) is 6.52. The first-order valence-corrected chi connectivity index (χ1v) is 8.18. The molecule has 0 unspecified atom stereocenters. The van der Waals surface area contributed by atoms with Crippen LogP contribution in [0.15, 0.2) is 18.2 Å². The summed E-state index contributed by atoms with van der Waals surface area (Å²) in [7, 11) is 0. The number of nitrogens with one attached hydrogen (secondary N) is 1. The van der Waals surface area contributed by atoms with Gasteiger partial charge in [-0.2, -0.15) is 0 Å². The summed E-state index contributed by atoms with van der Waals surface area (Å²) >= 11 is 0. The van der Waals surface area contributed by atoms with Crippen LogP contribution in [-0.2, 0) is 6.54 Å². The first-order chi connectivity index (χ1) is 9.61. The van der Waals surface area contributed by atoms with E-state index in [1.54, 1.807) is 0 Å². The van der Waals surface area contributed by atoms with Crippen molar-refractivity contribution in [2.24, 2.45) is 5.92 Å². The lowest BCUT2D eigenvalue weighted by Gasteiger charge is -2.28. The molecule has 0 bridgehead atoms. The zero-order valence-corrected chi connectivity index (χ0v) is 13.6. The molecule has 0 aromatic heterocycles. The molecule has 2 nitrogen and oxygen atoms in total. The van der Waals surface area contributed by atoms with E-state index in [0.29, 0.717) is 0 Å². The molecule has 1 aliphatic carbocycles. The van der Waals surface area contributed by atoms with E-state index in [1.807, 2.05) is 0 Å². The number of benzene rings is 1. The van der Waals surface area contributed by atoms with Crippen LogP contribution in [-0.4, -0.2) is 19.1 Å². The van der Waals surface area contributed by atoms with Gasteiger partial charge in [0.05, 0.1) is 0 Å². The third kappa shape index (κ3) is 4.24. The van der Waals surface area contributed by atoms with Gasteiger partial charge < -0.3 is 10.2 Å². The highest BCUT2D eigenvalue weighted by Crippen LogP contribution is 2.34. The second-order valence-electron chi connectivity index (χ2n) is 6.52. The lowest BCUT2D eigenvalue weighted by Crippen LogP contribution is -2.29. The summed E-state index contributed by atoms with van der Waals surface area (Å²) < 4.78 is 0.